The predicted octanol–water partition coefficient (Wildman–Crippen LogP) is 13.9. The van der Waals surface area contributed by atoms with Crippen molar-refractivity contribution in [2.75, 3.05) is 46.2 Å². The summed E-state index contributed by atoms with van der Waals surface area (Å²) in [6.07, 6.45) is 2.12. The molecule has 85 heavy (non-hydrogen) atoms. The van der Waals surface area contributed by atoms with Gasteiger partial charge in [-0.3, -0.25) is 19.4 Å². The number of nitrogens with two attached hydrogens (primary N) is 1. The van der Waals surface area contributed by atoms with Crippen LogP contribution in [0.4, 0.5) is 9.59 Å². The predicted molar refractivity (Wildman–Crippen MR) is 344 cm³/mol. The van der Waals surface area contributed by atoms with E-state index in [1.807, 2.05) is 106 Å². The van der Waals surface area contributed by atoms with Crippen molar-refractivity contribution in [1.29, 1.82) is 0 Å². The second-order valence-corrected chi connectivity index (χ2v) is 26.2. The molecule has 6 aromatic rings. The molecule has 3 atom stereocenters. The fourth-order valence-corrected chi connectivity index (χ4v) is 11.4. The van der Waals surface area contributed by atoms with Crippen LogP contribution in [-0.2, 0) is 23.9 Å². The number of aliphatic imine (C=N–C) groups is 1. The van der Waals surface area contributed by atoms with Gasteiger partial charge in [0.15, 0.2) is 17.5 Å². The topological polar surface area (TPSA) is 209 Å². The maximum atomic E-state index is 14.8. The minimum Gasteiger partial charge on any atom is -0.493 e. The molecule has 7 rings (SSSR count). The molecule has 16 heteroatoms. The van der Waals surface area contributed by atoms with Crippen LogP contribution in [0.25, 0.3) is 43.8 Å². The van der Waals surface area contributed by atoms with Gasteiger partial charge in [0.1, 0.15) is 23.7 Å². The summed E-state index contributed by atoms with van der Waals surface area (Å²) in [5, 5.41) is 16.0. The molecule has 0 fully saturated rings. The lowest BCUT2D eigenvalue weighted by molar-refractivity contribution is -0.133. The number of alkyl carbamates (subject to hydrolysis) is 2. The number of carbonyl (C=O) groups excluding carboxylic acids is 5. The van der Waals surface area contributed by atoms with Crippen molar-refractivity contribution < 1.29 is 42.9 Å². The number of ketones is 2. The lowest BCUT2D eigenvalue weighted by Crippen LogP contribution is -2.46. The van der Waals surface area contributed by atoms with E-state index >= 15 is 0 Å². The van der Waals surface area contributed by atoms with E-state index in [2.05, 4.69) is 82.3 Å². The molecule has 0 radical (unpaired) electrons. The van der Waals surface area contributed by atoms with Crippen molar-refractivity contribution in [1.82, 2.24) is 21.0 Å². The fourth-order valence-electron chi connectivity index (χ4n) is 10.9. The molecular formula is C69H89N6O9P. The summed E-state index contributed by atoms with van der Waals surface area (Å²) in [5.41, 5.74) is 11.7. The standard InChI is InChI=1S/C69H89N6O9P/c1-45(2)37-41-82-62-36-34-48-23-11-13-26-51(48)64(62)63-50-25-12-10-22-47(50)33-35-61(63)81-40-21-32-59(76)57(31-18-19-38-72-67(79)84-69(5,6)7)73-65(78)49(24-20-39-71-66(70)75-85(8)9)43-60(77)58(42-46(3)4)74-68(80)83-44-56-54-29-16-14-27-52(54)53-28-15-17-30-55(53)56/h10-17,22-23,25-30,33-36,45-46,49,56-58H,18-21,24,31-32,37-44H2,1-9H3,(H,72,79)(H,73,78)(H,74,80)(H3,70,71,75)/t49-,57+,58+/m0/s1. The first-order chi connectivity index (χ1) is 40.8. The van der Waals surface area contributed by atoms with E-state index in [0.29, 0.717) is 69.4 Å². The minimum absolute atomic E-state index is 0.00965. The third-order valence-electron chi connectivity index (χ3n) is 15.0. The van der Waals surface area contributed by atoms with Crippen LogP contribution >= 0.6 is 8.07 Å². The maximum absolute atomic E-state index is 14.8. The first-order valence-corrected chi connectivity index (χ1v) is 32.5. The monoisotopic (exact) mass is 1180 g/mol. The molecule has 3 amide bonds. The van der Waals surface area contributed by atoms with E-state index in [4.69, 9.17) is 24.7 Å². The number of guanidine groups is 1. The first-order valence-electron chi connectivity index (χ1n) is 30.2. The van der Waals surface area contributed by atoms with Crippen molar-refractivity contribution in [2.24, 2.45) is 28.5 Å². The van der Waals surface area contributed by atoms with Crippen LogP contribution < -0.4 is 36.2 Å². The van der Waals surface area contributed by atoms with Crippen molar-refractivity contribution >= 4 is 65.2 Å². The lowest BCUT2D eigenvalue weighted by Gasteiger charge is -2.25. The number of amides is 3. The first kappa shape index (κ1) is 65.0. The van der Waals surface area contributed by atoms with Crippen LogP contribution in [0.15, 0.2) is 126 Å². The van der Waals surface area contributed by atoms with Gasteiger partial charge in [-0.15, -0.1) is 0 Å². The summed E-state index contributed by atoms with van der Waals surface area (Å²) in [7, 11) is -0.557. The number of nitrogens with zero attached hydrogens (tertiary/aromatic N) is 1. The van der Waals surface area contributed by atoms with Crippen molar-refractivity contribution in [3.8, 4) is 33.8 Å². The Hall–Kier alpha value is -7.51. The number of unbranched alkanes of at least 4 members (excludes halogenated alkanes) is 1. The number of rotatable bonds is 31. The van der Waals surface area contributed by atoms with E-state index < -0.39 is 49.8 Å². The molecule has 0 bridgehead atoms. The zero-order valence-electron chi connectivity index (χ0n) is 51.3. The summed E-state index contributed by atoms with van der Waals surface area (Å²) >= 11 is 0. The fraction of sp³-hybridized carbons (Fsp3) is 0.449. The number of nitrogens with one attached hydrogen (secondary N) is 4. The Morgan fingerprint density at radius 3 is 1.80 bits per heavy atom. The van der Waals surface area contributed by atoms with E-state index in [9.17, 15) is 24.0 Å². The van der Waals surface area contributed by atoms with E-state index in [-0.39, 0.29) is 62.3 Å². The van der Waals surface area contributed by atoms with Crippen molar-refractivity contribution in [3.63, 3.8) is 0 Å². The Bertz CT molecular complexity index is 3220. The van der Waals surface area contributed by atoms with Gasteiger partial charge in [0, 0.05) is 48.9 Å². The molecule has 1 aliphatic rings. The Morgan fingerprint density at radius 1 is 0.624 bits per heavy atom. The van der Waals surface area contributed by atoms with Gasteiger partial charge < -0.3 is 45.7 Å². The maximum Gasteiger partial charge on any atom is 0.407 e. The zero-order valence-corrected chi connectivity index (χ0v) is 52.2. The van der Waals surface area contributed by atoms with Crippen molar-refractivity contribution in [2.45, 2.75) is 136 Å². The lowest BCUT2D eigenvalue weighted by atomic mass is 9.90. The van der Waals surface area contributed by atoms with Gasteiger partial charge in [0.25, 0.3) is 0 Å². The second-order valence-electron chi connectivity index (χ2n) is 24.2. The van der Waals surface area contributed by atoms with E-state index in [1.165, 1.54) is 0 Å². The Morgan fingerprint density at radius 2 is 1.21 bits per heavy atom. The largest absolute Gasteiger partial charge is 0.493 e. The smallest absolute Gasteiger partial charge is 0.407 e. The number of hydrogen-bond acceptors (Lipinski definition) is 10. The average Bonchev–Trinajstić information content (AvgIpc) is 1.99. The molecular weight excluding hydrogens is 1090 g/mol. The quantitative estimate of drug-likeness (QED) is 0.0120. The number of Topliss-reactive ketones (excluding diaryl/α,β-unsaturated/α-hetero) is 2. The summed E-state index contributed by atoms with van der Waals surface area (Å²) in [4.78, 5) is 74.7. The van der Waals surface area contributed by atoms with Crippen LogP contribution in [-0.4, -0.2) is 99.5 Å². The Kier molecular flexibility index (Phi) is 24.2. The Labute approximate surface area is 504 Å². The van der Waals surface area contributed by atoms with Gasteiger partial charge in [0.2, 0.25) is 5.91 Å². The second kappa shape index (κ2) is 31.6. The van der Waals surface area contributed by atoms with Gasteiger partial charge in [-0.2, -0.15) is 0 Å². The molecule has 0 saturated heterocycles. The molecule has 0 spiro atoms. The van der Waals surface area contributed by atoms with Gasteiger partial charge >= 0.3 is 12.2 Å². The van der Waals surface area contributed by atoms with Gasteiger partial charge in [0.05, 0.1) is 25.3 Å². The highest BCUT2D eigenvalue weighted by Crippen LogP contribution is 2.47. The van der Waals surface area contributed by atoms with Crippen LogP contribution in [0.5, 0.6) is 11.5 Å². The van der Waals surface area contributed by atoms with Gasteiger partial charge in [-0.05, 0) is 161 Å². The summed E-state index contributed by atoms with van der Waals surface area (Å²) in [6.45, 7) is 19.1. The molecule has 6 aromatic carbocycles. The molecule has 0 aromatic heterocycles. The number of benzene rings is 6. The van der Waals surface area contributed by atoms with Crippen LogP contribution in [0, 0.1) is 17.8 Å². The number of fused-ring (bicyclic) bond motifs is 5. The molecule has 0 heterocycles. The SMILES string of the molecule is CC(C)CCOc1ccc2ccccc2c1-c1c(OCCCC(=O)[C@@H](CCCCNC(=O)OC(C)(C)C)NC(=O)[C@@H](CCCN=C(N)NP(C)C)CC(=O)[C@@H](CC(C)C)NC(=O)OCC2c3ccccc3-c3ccccc32)ccc2ccccc12. The summed E-state index contributed by atoms with van der Waals surface area (Å²) < 4.78 is 24.6. The van der Waals surface area contributed by atoms with Gasteiger partial charge in [-0.1, -0.05) is 137 Å². The Balaban J connectivity index is 1.08. The molecule has 1 aliphatic carbocycles. The molecule has 6 N–H and O–H groups in total. The number of hydrogen-bond donors (Lipinski definition) is 5. The minimum atomic E-state index is -0.945. The third-order valence-corrected chi connectivity index (χ3v) is 15.7. The number of carbonyl (C=O) groups is 5. The van der Waals surface area contributed by atoms with Gasteiger partial charge in [-0.25, -0.2) is 9.59 Å². The molecule has 15 nitrogen and oxygen atoms in total. The van der Waals surface area contributed by atoms with Crippen LogP contribution in [0.2, 0.25) is 0 Å². The highest BCUT2D eigenvalue weighted by Gasteiger charge is 2.33. The third kappa shape index (κ3) is 19.2. The molecule has 0 unspecified atom stereocenters. The normalized spacial score (nSPS) is 13.5. The highest BCUT2D eigenvalue weighted by molar-refractivity contribution is 7.54. The molecule has 454 valence electrons. The molecule has 0 saturated carbocycles. The summed E-state index contributed by atoms with van der Waals surface area (Å²) in [6, 6.07) is 38.9. The zero-order chi connectivity index (χ0) is 61.0. The van der Waals surface area contributed by atoms with Crippen LogP contribution in [0.3, 0.4) is 0 Å². The molecule has 0 aliphatic heterocycles. The number of ether oxygens (including phenoxy) is 4. The van der Waals surface area contributed by atoms with Crippen LogP contribution in [0.1, 0.15) is 130 Å². The summed E-state index contributed by atoms with van der Waals surface area (Å²) in [5.74, 6) is 0.171. The van der Waals surface area contributed by atoms with E-state index in [1.54, 1.807) is 20.8 Å². The highest BCUT2D eigenvalue weighted by atomic mass is 31.1. The average molecular weight is 1180 g/mol. The van der Waals surface area contributed by atoms with Crippen molar-refractivity contribution in [3.05, 3.63) is 132 Å². The van der Waals surface area contributed by atoms with E-state index in [0.717, 1.165) is 67.1 Å².